The predicted octanol–water partition coefficient (Wildman–Crippen LogP) is 0.997. The normalized spacial score (nSPS) is 23.2. The molecule has 7 heteroatoms. The lowest BCUT2D eigenvalue weighted by Crippen LogP contribution is -2.70. The third kappa shape index (κ3) is 2.84. The predicted molar refractivity (Wildman–Crippen MR) is 85.2 cm³/mol. The number of aliphatic carboxylic acids is 1. The van der Waals surface area contributed by atoms with Crippen molar-refractivity contribution in [2.24, 2.45) is 0 Å². The van der Waals surface area contributed by atoms with Crippen molar-refractivity contribution in [3.8, 4) is 0 Å². The Hall–Kier alpha value is -2.28. The van der Waals surface area contributed by atoms with Gasteiger partial charge in [-0.1, -0.05) is 30.3 Å². The van der Waals surface area contributed by atoms with E-state index in [1.807, 2.05) is 18.2 Å². The van der Waals surface area contributed by atoms with E-state index in [1.165, 1.54) is 23.1 Å². The van der Waals surface area contributed by atoms with Crippen molar-refractivity contribution in [3.05, 3.63) is 53.6 Å². The Kier molecular flexibility index (Phi) is 4.12. The van der Waals surface area contributed by atoms with Crippen LogP contribution in [-0.4, -0.2) is 45.0 Å². The largest absolute Gasteiger partial charge is 0.477 e. The summed E-state index contributed by atoms with van der Waals surface area (Å²) in [5.74, 6) is -1.32. The Morgan fingerprint density at radius 3 is 2.70 bits per heavy atom. The van der Waals surface area contributed by atoms with Crippen LogP contribution in [0.5, 0.6) is 0 Å². The molecule has 0 saturated carbocycles. The number of hydrogen-bond acceptors (Lipinski definition) is 4. The Morgan fingerprint density at radius 1 is 1.35 bits per heavy atom. The van der Waals surface area contributed by atoms with E-state index in [9.17, 15) is 19.5 Å². The van der Waals surface area contributed by atoms with E-state index < -0.39 is 12.0 Å². The van der Waals surface area contributed by atoms with Gasteiger partial charge in [0.05, 0.1) is 6.42 Å². The summed E-state index contributed by atoms with van der Waals surface area (Å²) >= 11 is 1.46. The molecule has 0 aromatic heterocycles. The van der Waals surface area contributed by atoms with E-state index in [-0.39, 0.29) is 22.9 Å². The second-order valence-corrected chi connectivity index (χ2v) is 6.49. The van der Waals surface area contributed by atoms with Crippen LogP contribution >= 0.6 is 11.8 Å². The molecule has 0 spiro atoms. The fourth-order valence-corrected chi connectivity index (χ4v) is 3.96. The van der Waals surface area contributed by atoms with Crippen LogP contribution in [0.1, 0.15) is 12.5 Å². The van der Waals surface area contributed by atoms with Crippen LogP contribution in [0.4, 0.5) is 0 Å². The highest BCUT2D eigenvalue weighted by atomic mass is 32.2. The summed E-state index contributed by atoms with van der Waals surface area (Å²) in [6.07, 6.45) is 1.42. The van der Waals surface area contributed by atoms with E-state index in [2.05, 4.69) is 5.32 Å². The molecule has 2 N–H and O–H groups in total. The van der Waals surface area contributed by atoms with Crippen LogP contribution < -0.4 is 5.32 Å². The molecule has 3 rings (SSSR count). The standard InChI is InChI=1S/C16H15N2O4S/c1-9-8-23-15-12(14(20)18(15)13(9)16(21)22)17-11(19)7-10-5-3-2-4-6-10/h2-7,12,15H,8H2,1H3,(H,17,19)(H,21,22)/t12?,15-/m0/s1. The SMILES string of the molecule is CC1=C(C(=O)O)N2C(=O)C(NC(=O)[CH]c3ccccc3)[C@@H]2SC1. The van der Waals surface area contributed by atoms with Gasteiger partial charge in [0.1, 0.15) is 17.1 Å². The van der Waals surface area contributed by atoms with Crippen LogP contribution in [-0.2, 0) is 14.4 Å². The lowest BCUT2D eigenvalue weighted by molar-refractivity contribution is -0.150. The first-order valence-electron chi connectivity index (χ1n) is 7.07. The lowest BCUT2D eigenvalue weighted by atomic mass is 10.0. The molecule has 1 aromatic rings. The van der Waals surface area contributed by atoms with Crippen molar-refractivity contribution in [1.29, 1.82) is 0 Å². The molecule has 0 aliphatic carbocycles. The molecular weight excluding hydrogens is 316 g/mol. The van der Waals surface area contributed by atoms with Gasteiger partial charge in [-0.25, -0.2) is 4.79 Å². The quantitative estimate of drug-likeness (QED) is 0.804. The van der Waals surface area contributed by atoms with Crippen LogP contribution in [0.25, 0.3) is 0 Å². The number of nitrogens with one attached hydrogen (secondary N) is 1. The summed E-state index contributed by atoms with van der Waals surface area (Å²) in [5.41, 5.74) is 1.44. The number of carboxylic acid groups (broad SMARTS) is 1. The average Bonchev–Trinajstić information content (AvgIpc) is 2.53. The van der Waals surface area contributed by atoms with Gasteiger partial charge in [-0.2, -0.15) is 0 Å². The monoisotopic (exact) mass is 331 g/mol. The molecular formula is C16H15N2O4S. The van der Waals surface area contributed by atoms with Gasteiger partial charge < -0.3 is 10.4 Å². The first-order chi connectivity index (χ1) is 11.0. The van der Waals surface area contributed by atoms with Crippen molar-refractivity contribution in [1.82, 2.24) is 10.2 Å². The maximum Gasteiger partial charge on any atom is 0.352 e. The molecule has 1 fully saturated rings. The average molecular weight is 331 g/mol. The summed E-state index contributed by atoms with van der Waals surface area (Å²) in [6.45, 7) is 1.70. The molecule has 0 bridgehead atoms. The van der Waals surface area contributed by atoms with Gasteiger partial charge in [-0.3, -0.25) is 14.5 Å². The van der Waals surface area contributed by atoms with Gasteiger partial charge >= 0.3 is 5.97 Å². The molecule has 119 valence electrons. The zero-order chi connectivity index (χ0) is 16.6. The lowest BCUT2D eigenvalue weighted by Gasteiger charge is -2.49. The minimum Gasteiger partial charge on any atom is -0.477 e. The van der Waals surface area contributed by atoms with Crippen molar-refractivity contribution in [2.45, 2.75) is 18.3 Å². The molecule has 2 heterocycles. The maximum absolute atomic E-state index is 12.2. The number of benzene rings is 1. The number of carboxylic acids is 1. The summed E-state index contributed by atoms with van der Waals surface area (Å²) in [4.78, 5) is 36.9. The third-order valence-corrected chi connectivity index (χ3v) is 5.18. The van der Waals surface area contributed by atoms with Gasteiger partial charge in [0.25, 0.3) is 5.91 Å². The molecule has 2 aliphatic rings. The number of carbonyl (C=O) groups is 3. The molecule has 1 unspecified atom stereocenters. The Labute approximate surface area is 137 Å². The molecule has 1 aromatic carbocycles. The molecule has 23 heavy (non-hydrogen) atoms. The fourth-order valence-electron chi connectivity index (χ4n) is 2.67. The topological polar surface area (TPSA) is 86.7 Å². The van der Waals surface area contributed by atoms with E-state index in [0.29, 0.717) is 11.3 Å². The minimum atomic E-state index is -1.11. The van der Waals surface area contributed by atoms with Crippen LogP contribution in [0.15, 0.2) is 41.6 Å². The summed E-state index contributed by atoms with van der Waals surface area (Å²) in [6, 6.07) is 8.38. The number of fused-ring (bicyclic) bond motifs is 1. The van der Waals surface area contributed by atoms with Crippen molar-refractivity contribution >= 4 is 29.5 Å². The van der Waals surface area contributed by atoms with E-state index >= 15 is 0 Å². The second kappa shape index (κ2) is 6.08. The van der Waals surface area contributed by atoms with Gasteiger partial charge in [-0.15, -0.1) is 11.8 Å². The van der Waals surface area contributed by atoms with Gasteiger partial charge in [0.15, 0.2) is 0 Å². The van der Waals surface area contributed by atoms with E-state index in [1.54, 1.807) is 19.1 Å². The number of carbonyl (C=O) groups excluding carboxylic acids is 2. The van der Waals surface area contributed by atoms with Crippen molar-refractivity contribution in [3.63, 3.8) is 0 Å². The second-order valence-electron chi connectivity index (χ2n) is 5.39. The summed E-state index contributed by atoms with van der Waals surface area (Å²) < 4.78 is 0. The molecule has 1 radical (unpaired) electrons. The van der Waals surface area contributed by atoms with Crippen molar-refractivity contribution in [2.75, 3.05) is 5.75 Å². The minimum absolute atomic E-state index is 0.0382. The van der Waals surface area contributed by atoms with Gasteiger partial charge in [0.2, 0.25) is 5.91 Å². The molecule has 2 aliphatic heterocycles. The Balaban J connectivity index is 1.67. The van der Waals surface area contributed by atoms with Crippen molar-refractivity contribution < 1.29 is 19.5 Å². The number of amides is 2. The highest BCUT2D eigenvalue weighted by Gasteiger charge is 2.53. The molecule has 6 nitrogen and oxygen atoms in total. The zero-order valence-electron chi connectivity index (χ0n) is 12.4. The van der Waals surface area contributed by atoms with Crippen LogP contribution in [0.2, 0.25) is 0 Å². The molecule has 2 amide bonds. The maximum atomic E-state index is 12.2. The first kappa shape index (κ1) is 15.6. The number of thioether (sulfide) groups is 1. The number of rotatable bonds is 4. The summed E-state index contributed by atoms with van der Waals surface area (Å²) in [5, 5.41) is 11.6. The van der Waals surface area contributed by atoms with Crippen LogP contribution in [0, 0.1) is 6.42 Å². The number of hydrogen-bond donors (Lipinski definition) is 2. The number of nitrogens with zero attached hydrogens (tertiary/aromatic N) is 1. The number of β-lactam (4-membered cyclic amide) rings is 1. The van der Waals surface area contributed by atoms with E-state index in [0.717, 1.165) is 5.56 Å². The fraction of sp³-hybridized carbons (Fsp3) is 0.250. The Morgan fingerprint density at radius 2 is 2.04 bits per heavy atom. The zero-order valence-corrected chi connectivity index (χ0v) is 13.2. The Bertz CT molecular complexity index is 701. The van der Waals surface area contributed by atoms with Gasteiger partial charge in [-0.05, 0) is 18.1 Å². The molecule has 1 saturated heterocycles. The van der Waals surface area contributed by atoms with Gasteiger partial charge in [0, 0.05) is 5.75 Å². The van der Waals surface area contributed by atoms with E-state index in [4.69, 9.17) is 0 Å². The highest BCUT2D eigenvalue weighted by Crippen LogP contribution is 2.40. The smallest absolute Gasteiger partial charge is 0.352 e. The summed E-state index contributed by atoms with van der Waals surface area (Å²) in [7, 11) is 0. The molecule has 2 atom stereocenters. The van der Waals surface area contributed by atoms with Crippen LogP contribution in [0.3, 0.4) is 0 Å². The first-order valence-corrected chi connectivity index (χ1v) is 8.12. The third-order valence-electron chi connectivity index (χ3n) is 3.76. The highest BCUT2D eigenvalue weighted by molar-refractivity contribution is 8.00.